The smallest absolute Gasteiger partial charge is 0.157 e. The van der Waals surface area contributed by atoms with Gasteiger partial charge in [-0.05, 0) is 37.6 Å². The molecule has 0 spiro atoms. The van der Waals surface area contributed by atoms with Crippen LogP contribution in [0.5, 0.6) is 11.5 Å². The first kappa shape index (κ1) is 5.43. The third-order valence-electron chi connectivity index (χ3n) is 1.58. The molecule has 0 saturated heterocycles. The van der Waals surface area contributed by atoms with Crippen molar-refractivity contribution >= 4 is 0 Å². The lowest BCUT2D eigenvalue weighted by molar-refractivity contribution is 0.403. The lowest BCUT2D eigenvalue weighted by atomic mass is 10.1. The second-order valence-electron chi connectivity index (χ2n) is 2.50. The van der Waals surface area contributed by atoms with Crippen LogP contribution >= 0.6 is 0 Å². The first-order valence-electron chi connectivity index (χ1n) is 5.14. The minimum absolute atomic E-state index is 0.178. The number of phenols is 2. The fourth-order valence-electron chi connectivity index (χ4n) is 0.931. The monoisotopic (exact) mass is 170 g/mol. The average Bonchev–Trinajstić information content (AvgIpc) is 2.09. The predicted octanol–water partition coefficient (Wildman–Crippen LogP) is 0.860. The first-order valence-corrected chi connectivity index (χ1v) is 3.64. The summed E-state index contributed by atoms with van der Waals surface area (Å²) >= 11 is 0. The number of aromatic hydroxyl groups is 2. The van der Waals surface area contributed by atoms with Crippen molar-refractivity contribution in [1.82, 2.24) is 5.32 Å². The van der Waals surface area contributed by atoms with Gasteiger partial charge >= 0.3 is 0 Å². The van der Waals surface area contributed by atoms with Gasteiger partial charge in [-0.3, -0.25) is 0 Å². The van der Waals surface area contributed by atoms with E-state index in [4.69, 9.17) is 9.22 Å². The highest BCUT2D eigenvalue weighted by molar-refractivity contribution is 5.40. The summed E-state index contributed by atoms with van der Waals surface area (Å²) in [6, 6.07) is 4.42. The van der Waals surface area contributed by atoms with Crippen molar-refractivity contribution in [2.45, 2.75) is 6.42 Å². The van der Waals surface area contributed by atoms with Gasteiger partial charge in [0.15, 0.2) is 11.5 Å². The molecule has 1 aromatic carbocycles. The van der Waals surface area contributed by atoms with E-state index in [1.54, 1.807) is 6.07 Å². The minimum Gasteiger partial charge on any atom is -0.504 e. The number of hydrogen-bond donors (Lipinski definition) is 3. The van der Waals surface area contributed by atoms with Gasteiger partial charge < -0.3 is 15.5 Å². The molecule has 0 aliphatic heterocycles. The molecule has 0 saturated carbocycles. The molecule has 0 bridgehead atoms. The molecule has 3 N–H and O–H groups in total. The zero-order valence-corrected chi connectivity index (χ0v) is 6.54. The zero-order chi connectivity index (χ0) is 11.5. The Kier molecular flexibility index (Phi) is 1.80. The predicted molar refractivity (Wildman–Crippen MR) is 47.4 cm³/mol. The number of hydrogen-bond acceptors (Lipinski definition) is 3. The van der Waals surface area contributed by atoms with E-state index in [0.717, 1.165) is 5.56 Å². The SMILES string of the molecule is [2H]C([2H])([2H])NCCc1ccc(O)c(O)c1. The van der Waals surface area contributed by atoms with Crippen molar-refractivity contribution in [3.05, 3.63) is 23.8 Å². The van der Waals surface area contributed by atoms with Gasteiger partial charge in [0.05, 0.1) is 0 Å². The second kappa shape index (κ2) is 3.97. The molecule has 0 aliphatic carbocycles. The third kappa shape index (κ3) is 2.13. The second-order valence-corrected chi connectivity index (χ2v) is 2.50. The number of benzene rings is 1. The Morgan fingerprint density at radius 1 is 1.42 bits per heavy atom. The standard InChI is InChI=1S/C9H13NO2/c1-10-5-4-7-2-3-8(11)9(12)6-7/h2-3,6,10-12H,4-5H2,1H3/i1D3. The van der Waals surface area contributed by atoms with E-state index >= 15 is 0 Å². The summed E-state index contributed by atoms with van der Waals surface area (Å²) < 4.78 is 20.7. The summed E-state index contributed by atoms with van der Waals surface area (Å²) in [5.74, 6) is -0.371. The molecule has 1 aromatic rings. The summed E-state index contributed by atoms with van der Waals surface area (Å²) in [6.45, 7) is -1.85. The third-order valence-corrected chi connectivity index (χ3v) is 1.58. The van der Waals surface area contributed by atoms with Crippen molar-refractivity contribution in [2.24, 2.45) is 0 Å². The van der Waals surface area contributed by atoms with E-state index in [2.05, 4.69) is 5.32 Å². The van der Waals surface area contributed by atoms with Gasteiger partial charge in [-0.15, -0.1) is 0 Å². The van der Waals surface area contributed by atoms with Gasteiger partial charge in [-0.2, -0.15) is 0 Å². The Bertz CT molecular complexity index is 339. The lowest BCUT2D eigenvalue weighted by Crippen LogP contribution is -2.09. The van der Waals surface area contributed by atoms with Crippen LogP contribution in [-0.2, 0) is 6.42 Å². The number of nitrogens with one attached hydrogen (secondary N) is 1. The van der Waals surface area contributed by atoms with Crippen LogP contribution < -0.4 is 5.32 Å². The normalized spacial score (nSPS) is 14.8. The van der Waals surface area contributed by atoms with Crippen LogP contribution in [0.4, 0.5) is 0 Å². The van der Waals surface area contributed by atoms with E-state index in [9.17, 15) is 5.11 Å². The molecule has 0 atom stereocenters. The molecule has 0 fully saturated rings. The lowest BCUT2D eigenvalue weighted by Gasteiger charge is -2.02. The molecule has 0 amide bonds. The van der Waals surface area contributed by atoms with Crippen LogP contribution in [0.15, 0.2) is 18.2 Å². The Hall–Kier alpha value is -1.22. The highest BCUT2D eigenvalue weighted by Gasteiger charge is 1.99. The first-order chi connectivity index (χ1) is 6.88. The van der Waals surface area contributed by atoms with E-state index < -0.39 is 6.98 Å². The van der Waals surface area contributed by atoms with Crippen molar-refractivity contribution in [3.8, 4) is 11.5 Å². The highest BCUT2D eigenvalue weighted by atomic mass is 16.3. The fourth-order valence-corrected chi connectivity index (χ4v) is 0.931. The highest BCUT2D eigenvalue weighted by Crippen LogP contribution is 2.24. The van der Waals surface area contributed by atoms with Crippen LogP contribution in [0.2, 0.25) is 0 Å². The fraction of sp³-hybridized carbons (Fsp3) is 0.333. The maximum Gasteiger partial charge on any atom is 0.157 e. The van der Waals surface area contributed by atoms with Crippen LogP contribution in [0, 0.1) is 0 Å². The van der Waals surface area contributed by atoms with Crippen LogP contribution in [0.1, 0.15) is 9.68 Å². The van der Waals surface area contributed by atoms with Crippen molar-refractivity contribution in [2.75, 3.05) is 13.5 Å². The molecule has 66 valence electrons. The van der Waals surface area contributed by atoms with Crippen molar-refractivity contribution in [1.29, 1.82) is 0 Å². The number of likely N-dealkylation sites (N-methyl/N-ethyl adjacent to an activating group) is 1. The van der Waals surface area contributed by atoms with Crippen molar-refractivity contribution in [3.63, 3.8) is 0 Å². The molecule has 0 aromatic heterocycles. The van der Waals surface area contributed by atoms with Gasteiger partial charge in [-0.1, -0.05) is 6.07 Å². The maximum atomic E-state index is 9.18. The van der Waals surface area contributed by atoms with Crippen molar-refractivity contribution < 1.29 is 14.3 Å². The molecule has 0 unspecified atom stereocenters. The van der Waals surface area contributed by atoms with E-state index in [0.29, 0.717) is 13.0 Å². The molecular weight excluding hydrogens is 154 g/mol. The quantitative estimate of drug-likeness (QED) is 0.590. The molecule has 0 radical (unpaired) electrons. The molecule has 12 heavy (non-hydrogen) atoms. The van der Waals surface area contributed by atoms with E-state index in [1.165, 1.54) is 12.1 Å². The molecule has 3 heteroatoms. The topological polar surface area (TPSA) is 52.5 Å². The maximum absolute atomic E-state index is 9.18. The van der Waals surface area contributed by atoms with Crippen LogP contribution in [0.25, 0.3) is 0 Å². The van der Waals surface area contributed by atoms with Gasteiger partial charge in [0, 0.05) is 4.11 Å². The number of phenolic OH excluding ortho intramolecular Hbond substituents is 2. The minimum atomic E-state index is -2.14. The van der Waals surface area contributed by atoms with Crippen LogP contribution in [0.3, 0.4) is 0 Å². The molecule has 0 aliphatic rings. The Balaban J connectivity index is 2.48. The van der Waals surface area contributed by atoms with E-state index in [1.807, 2.05) is 0 Å². The molecule has 1 rings (SSSR count). The summed E-state index contributed by atoms with van der Waals surface area (Å²) in [6.07, 6.45) is 0.478. The Morgan fingerprint density at radius 2 is 2.25 bits per heavy atom. The van der Waals surface area contributed by atoms with E-state index in [-0.39, 0.29) is 11.5 Å². The van der Waals surface area contributed by atoms with Gasteiger partial charge in [0.1, 0.15) is 0 Å². The van der Waals surface area contributed by atoms with Crippen LogP contribution in [-0.4, -0.2) is 23.7 Å². The molecule has 0 heterocycles. The summed E-state index contributed by atoms with van der Waals surface area (Å²) in [5, 5.41) is 20.6. The van der Waals surface area contributed by atoms with Gasteiger partial charge in [0.25, 0.3) is 0 Å². The largest absolute Gasteiger partial charge is 0.504 e. The average molecular weight is 170 g/mol. The Morgan fingerprint density at radius 3 is 2.92 bits per heavy atom. The zero-order valence-electron chi connectivity index (χ0n) is 9.54. The summed E-state index contributed by atoms with van der Waals surface area (Å²) in [4.78, 5) is 0. The van der Waals surface area contributed by atoms with Gasteiger partial charge in [-0.25, -0.2) is 0 Å². The summed E-state index contributed by atoms with van der Waals surface area (Å²) in [7, 11) is 0. The molecule has 3 nitrogen and oxygen atoms in total. The summed E-state index contributed by atoms with van der Waals surface area (Å²) in [5.41, 5.74) is 0.766. The number of rotatable bonds is 3. The molecular formula is C9H13NO2. The van der Waals surface area contributed by atoms with Gasteiger partial charge in [0.2, 0.25) is 0 Å². The Labute approximate surface area is 75.9 Å².